The molecule has 1 aromatic carbocycles. The molecule has 1 amide bonds. The Balaban J connectivity index is 1.75. The highest BCUT2D eigenvalue weighted by Gasteiger charge is 2.31. The molecule has 1 N–H and O–H groups in total. The molecule has 0 saturated heterocycles. The summed E-state index contributed by atoms with van der Waals surface area (Å²) in [6.45, 7) is 0. The number of halogens is 3. The van der Waals surface area contributed by atoms with Crippen LogP contribution < -0.4 is 5.32 Å². The zero-order chi connectivity index (χ0) is 19.0. The van der Waals surface area contributed by atoms with Crippen molar-refractivity contribution < 1.29 is 18.0 Å². The van der Waals surface area contributed by atoms with Crippen LogP contribution in [0.5, 0.6) is 0 Å². The maximum Gasteiger partial charge on any atom is 0.416 e. The number of hydrogen-bond donors (Lipinski definition) is 1. The van der Waals surface area contributed by atoms with E-state index in [0.29, 0.717) is 16.2 Å². The number of hydrogen-bond acceptors (Lipinski definition) is 3. The summed E-state index contributed by atoms with van der Waals surface area (Å²) in [5.74, 6) is -0.329. The van der Waals surface area contributed by atoms with Gasteiger partial charge in [-0.25, -0.2) is 4.98 Å². The smallest absolute Gasteiger partial charge is 0.348 e. The van der Waals surface area contributed by atoms with Gasteiger partial charge in [0, 0.05) is 23.2 Å². The van der Waals surface area contributed by atoms with Crippen LogP contribution in [0.2, 0.25) is 0 Å². The number of aromatic nitrogens is 2. The number of imidazole rings is 1. The number of amides is 1. The molecule has 0 spiro atoms. The van der Waals surface area contributed by atoms with Crippen LogP contribution in [-0.2, 0) is 6.18 Å². The summed E-state index contributed by atoms with van der Waals surface area (Å²) in [6.07, 6.45) is 2.44. The molecule has 1 fully saturated rings. The molecule has 3 aromatic rings. The molecule has 1 aliphatic carbocycles. The highest BCUT2D eigenvalue weighted by Crippen LogP contribution is 2.34. The lowest BCUT2D eigenvalue weighted by molar-refractivity contribution is -0.137. The quantitative estimate of drug-likeness (QED) is 0.669. The number of alkyl halides is 3. The third-order valence-corrected chi connectivity index (χ3v) is 5.64. The third kappa shape index (κ3) is 3.58. The van der Waals surface area contributed by atoms with E-state index in [0.717, 1.165) is 37.8 Å². The second-order valence-electron chi connectivity index (χ2n) is 6.75. The Morgan fingerprint density at radius 1 is 1.22 bits per heavy atom. The summed E-state index contributed by atoms with van der Waals surface area (Å²) < 4.78 is 41.1. The number of thiazole rings is 1. The number of nitrogens with one attached hydrogen (secondary N) is 1. The molecule has 2 aromatic heterocycles. The monoisotopic (exact) mass is 393 g/mol. The lowest BCUT2D eigenvalue weighted by Gasteiger charge is -2.22. The van der Waals surface area contributed by atoms with E-state index in [1.54, 1.807) is 22.0 Å². The summed E-state index contributed by atoms with van der Waals surface area (Å²) in [5, 5.41) is 4.80. The van der Waals surface area contributed by atoms with Gasteiger partial charge in [-0.05, 0) is 25.0 Å². The zero-order valence-electron chi connectivity index (χ0n) is 14.4. The minimum absolute atomic E-state index is 0.0975. The van der Waals surface area contributed by atoms with Gasteiger partial charge in [-0.1, -0.05) is 31.4 Å². The van der Waals surface area contributed by atoms with Crippen molar-refractivity contribution in [3.8, 4) is 11.3 Å². The van der Waals surface area contributed by atoms with Crippen molar-refractivity contribution in [1.29, 1.82) is 0 Å². The number of rotatable bonds is 3. The Hall–Kier alpha value is -2.35. The standard InChI is InChI=1S/C19H18F3N3OS/c20-19(21,22)13-6-4-5-12(11-13)16-15(24-18-25(16)9-10-27-18)17(26)23-14-7-2-1-3-8-14/h4-6,9-11,14H,1-3,7-8H2,(H,23,26). The van der Waals surface area contributed by atoms with Gasteiger partial charge in [0.25, 0.3) is 5.91 Å². The Bertz CT molecular complexity index is 970. The Morgan fingerprint density at radius 3 is 2.74 bits per heavy atom. The van der Waals surface area contributed by atoms with Crippen molar-refractivity contribution >= 4 is 22.2 Å². The summed E-state index contributed by atoms with van der Waals surface area (Å²) >= 11 is 1.34. The van der Waals surface area contributed by atoms with E-state index < -0.39 is 11.7 Å². The van der Waals surface area contributed by atoms with Crippen LogP contribution in [0.4, 0.5) is 13.2 Å². The molecular formula is C19H18F3N3OS. The summed E-state index contributed by atoms with van der Waals surface area (Å²) in [4.78, 5) is 17.8. The molecule has 0 aliphatic heterocycles. The van der Waals surface area contributed by atoms with Crippen molar-refractivity contribution in [2.45, 2.75) is 44.3 Å². The van der Waals surface area contributed by atoms with Crippen molar-refractivity contribution in [2.75, 3.05) is 0 Å². The van der Waals surface area contributed by atoms with Crippen LogP contribution >= 0.6 is 11.3 Å². The summed E-state index contributed by atoms with van der Waals surface area (Å²) in [6, 6.07) is 5.12. The molecule has 142 valence electrons. The van der Waals surface area contributed by atoms with Crippen LogP contribution in [-0.4, -0.2) is 21.3 Å². The van der Waals surface area contributed by atoms with Crippen LogP contribution in [0, 0.1) is 0 Å². The third-order valence-electron chi connectivity index (χ3n) is 4.88. The lowest BCUT2D eigenvalue weighted by Crippen LogP contribution is -2.36. The van der Waals surface area contributed by atoms with Crippen LogP contribution in [0.15, 0.2) is 35.8 Å². The van der Waals surface area contributed by atoms with Gasteiger partial charge in [-0.15, -0.1) is 11.3 Å². The Kier molecular flexibility index (Phi) is 4.67. The fraction of sp³-hybridized carbons (Fsp3) is 0.368. The summed E-state index contributed by atoms with van der Waals surface area (Å²) in [7, 11) is 0. The zero-order valence-corrected chi connectivity index (χ0v) is 15.2. The van der Waals surface area contributed by atoms with E-state index in [2.05, 4.69) is 10.3 Å². The van der Waals surface area contributed by atoms with Crippen molar-refractivity contribution in [3.05, 3.63) is 47.1 Å². The second-order valence-corrected chi connectivity index (χ2v) is 7.62. The van der Waals surface area contributed by atoms with Crippen molar-refractivity contribution in [3.63, 3.8) is 0 Å². The fourth-order valence-corrected chi connectivity index (χ4v) is 4.28. The summed E-state index contributed by atoms with van der Waals surface area (Å²) in [5.41, 5.74) is 0.144. The average Bonchev–Trinajstić information content (AvgIpc) is 3.23. The van der Waals surface area contributed by atoms with Crippen molar-refractivity contribution in [1.82, 2.24) is 14.7 Å². The van der Waals surface area contributed by atoms with Gasteiger partial charge < -0.3 is 5.32 Å². The Labute approximate surface area is 158 Å². The molecule has 0 radical (unpaired) electrons. The largest absolute Gasteiger partial charge is 0.416 e. The second kappa shape index (κ2) is 6.99. The van der Waals surface area contributed by atoms with Crippen molar-refractivity contribution in [2.24, 2.45) is 0 Å². The first-order valence-corrected chi connectivity index (χ1v) is 9.75. The SMILES string of the molecule is O=C(NC1CCCCC1)c1nc2sccn2c1-c1cccc(C(F)(F)F)c1. The molecule has 8 heteroatoms. The molecule has 4 nitrogen and oxygen atoms in total. The number of fused-ring (bicyclic) bond motifs is 1. The van der Waals surface area contributed by atoms with E-state index in [-0.39, 0.29) is 17.6 Å². The van der Waals surface area contributed by atoms with E-state index in [4.69, 9.17) is 0 Å². The first-order valence-electron chi connectivity index (χ1n) is 8.87. The number of carbonyl (C=O) groups is 1. The maximum absolute atomic E-state index is 13.1. The van der Waals surface area contributed by atoms with Gasteiger partial charge in [0.15, 0.2) is 10.7 Å². The molecule has 0 unspecified atom stereocenters. The minimum atomic E-state index is -4.45. The van der Waals surface area contributed by atoms with Gasteiger partial charge in [0.1, 0.15) is 0 Å². The van der Waals surface area contributed by atoms with Gasteiger partial charge in [0.05, 0.1) is 11.3 Å². The van der Waals surface area contributed by atoms with E-state index in [1.165, 1.54) is 23.8 Å². The van der Waals surface area contributed by atoms with Crippen LogP contribution in [0.3, 0.4) is 0 Å². The molecule has 0 atom stereocenters. The predicted molar refractivity (Wildman–Crippen MR) is 97.8 cm³/mol. The first kappa shape index (κ1) is 18.0. The topological polar surface area (TPSA) is 46.4 Å². The fourth-order valence-electron chi connectivity index (χ4n) is 3.56. The highest BCUT2D eigenvalue weighted by molar-refractivity contribution is 7.15. The molecule has 1 saturated carbocycles. The highest BCUT2D eigenvalue weighted by atomic mass is 32.1. The first-order chi connectivity index (χ1) is 12.9. The molecule has 27 heavy (non-hydrogen) atoms. The average molecular weight is 393 g/mol. The van der Waals surface area contributed by atoms with E-state index >= 15 is 0 Å². The lowest BCUT2D eigenvalue weighted by atomic mass is 9.95. The van der Waals surface area contributed by atoms with Gasteiger partial charge >= 0.3 is 6.18 Å². The molecule has 0 bridgehead atoms. The van der Waals surface area contributed by atoms with Gasteiger partial charge in [0.2, 0.25) is 0 Å². The van der Waals surface area contributed by atoms with Gasteiger partial charge in [-0.2, -0.15) is 13.2 Å². The number of nitrogens with zero attached hydrogens (tertiary/aromatic N) is 2. The number of benzene rings is 1. The predicted octanol–water partition coefficient (Wildman–Crippen LogP) is 5.14. The minimum Gasteiger partial charge on any atom is -0.348 e. The van der Waals surface area contributed by atoms with Gasteiger partial charge in [-0.3, -0.25) is 9.20 Å². The molecule has 4 rings (SSSR count). The van der Waals surface area contributed by atoms with Crippen LogP contribution in [0.1, 0.15) is 48.2 Å². The van der Waals surface area contributed by atoms with Crippen LogP contribution in [0.25, 0.3) is 16.2 Å². The molecular weight excluding hydrogens is 375 g/mol. The molecule has 1 aliphatic rings. The van der Waals surface area contributed by atoms with E-state index in [9.17, 15) is 18.0 Å². The van der Waals surface area contributed by atoms with E-state index in [1.807, 2.05) is 0 Å². The molecule has 2 heterocycles. The Morgan fingerprint density at radius 2 is 2.00 bits per heavy atom. The normalized spacial score (nSPS) is 16.0. The maximum atomic E-state index is 13.1. The number of carbonyl (C=O) groups excluding carboxylic acids is 1.